The van der Waals surface area contributed by atoms with Crippen LogP contribution in [0.25, 0.3) is 0 Å². The number of nitriles is 1. The second kappa shape index (κ2) is 11.1. The number of nitrogens with zero attached hydrogens (tertiary/aromatic N) is 4. The van der Waals surface area contributed by atoms with Gasteiger partial charge in [0.25, 0.3) is 0 Å². The van der Waals surface area contributed by atoms with Crippen LogP contribution < -0.4 is 5.01 Å². The molecule has 0 amide bonds. The van der Waals surface area contributed by atoms with Gasteiger partial charge in [0, 0.05) is 18.0 Å². The molecule has 0 aliphatic rings. The van der Waals surface area contributed by atoms with Gasteiger partial charge >= 0.3 is 6.15 Å². The Labute approximate surface area is 140 Å². The van der Waals surface area contributed by atoms with Gasteiger partial charge in [-0.05, 0) is 24.1 Å². The number of pyridine rings is 1. The summed E-state index contributed by atoms with van der Waals surface area (Å²) in [6.07, 6.45) is 7.82. The third-order valence-corrected chi connectivity index (χ3v) is 2.84. The van der Waals surface area contributed by atoms with E-state index in [2.05, 4.69) is 16.2 Å². The minimum absolute atomic E-state index is 0.250. The average Bonchev–Trinajstić information content (AvgIpc) is 2.64. The van der Waals surface area contributed by atoms with Crippen molar-refractivity contribution < 1.29 is 9.59 Å². The molecule has 0 aliphatic heterocycles. The van der Waals surface area contributed by atoms with Crippen molar-refractivity contribution >= 4 is 18.1 Å². The van der Waals surface area contributed by atoms with E-state index in [9.17, 15) is 0 Å². The Balaban J connectivity index is 0.000000891. The second-order valence-corrected chi connectivity index (χ2v) is 4.41. The van der Waals surface area contributed by atoms with E-state index in [1.54, 1.807) is 29.8 Å². The number of allylic oxidation sites excluding steroid dienone is 1. The summed E-state index contributed by atoms with van der Waals surface area (Å²) in [4.78, 5) is 20.3. The van der Waals surface area contributed by atoms with Crippen molar-refractivity contribution in [3.05, 3.63) is 72.2 Å². The molecule has 0 aliphatic carbocycles. The Morgan fingerprint density at radius 3 is 2.50 bits per heavy atom. The minimum Gasteiger partial charge on any atom is -0.262 e. The van der Waals surface area contributed by atoms with Crippen LogP contribution in [-0.4, -0.2) is 17.4 Å². The average molecular weight is 320 g/mol. The van der Waals surface area contributed by atoms with Gasteiger partial charge in [0.1, 0.15) is 0 Å². The van der Waals surface area contributed by atoms with E-state index in [-0.39, 0.29) is 6.15 Å². The van der Waals surface area contributed by atoms with Crippen molar-refractivity contribution in [2.45, 2.75) is 13.3 Å². The van der Waals surface area contributed by atoms with Gasteiger partial charge in [-0.25, -0.2) is 5.01 Å². The Hall–Kier alpha value is -3.55. The molecule has 1 aromatic carbocycles. The monoisotopic (exact) mass is 320 g/mol. The molecule has 1 heterocycles. The van der Waals surface area contributed by atoms with Gasteiger partial charge in [0.2, 0.25) is 0 Å². The first-order valence-corrected chi connectivity index (χ1v) is 7.13. The maximum absolute atomic E-state index is 9.09. The van der Waals surface area contributed by atoms with Crippen LogP contribution >= 0.6 is 0 Å². The van der Waals surface area contributed by atoms with Crippen LogP contribution in [0.5, 0.6) is 0 Å². The van der Waals surface area contributed by atoms with Gasteiger partial charge in [0.05, 0.1) is 24.2 Å². The van der Waals surface area contributed by atoms with Crippen molar-refractivity contribution in [2.75, 3.05) is 5.01 Å². The van der Waals surface area contributed by atoms with Gasteiger partial charge in [-0.15, -0.1) is 0 Å². The zero-order valence-electron chi connectivity index (χ0n) is 13.2. The Morgan fingerprint density at radius 1 is 1.25 bits per heavy atom. The maximum Gasteiger partial charge on any atom is 0.373 e. The van der Waals surface area contributed by atoms with Crippen LogP contribution in [-0.2, 0) is 9.59 Å². The number of rotatable bonds is 5. The number of hydrogen-bond acceptors (Lipinski definition) is 6. The van der Waals surface area contributed by atoms with Gasteiger partial charge in [-0.1, -0.05) is 37.3 Å². The first-order chi connectivity index (χ1) is 11.7. The predicted octanol–water partition coefficient (Wildman–Crippen LogP) is 3.16. The molecule has 6 nitrogen and oxygen atoms in total. The SMILES string of the molecule is CCC(C#N)=CN(N=Cc1ccccc1)c1cccnc1.O=C=O. The summed E-state index contributed by atoms with van der Waals surface area (Å²) >= 11 is 0. The number of aromatic nitrogens is 1. The first kappa shape index (κ1) is 18.5. The highest BCUT2D eigenvalue weighted by molar-refractivity contribution is 5.80. The molecule has 0 unspecified atom stereocenters. The summed E-state index contributed by atoms with van der Waals surface area (Å²) in [6.45, 7) is 1.94. The summed E-state index contributed by atoms with van der Waals surface area (Å²) in [5.74, 6) is 0. The highest BCUT2D eigenvalue weighted by Gasteiger charge is 2.03. The molecule has 0 N–H and O–H groups in total. The Kier molecular flexibility index (Phi) is 8.54. The fraction of sp³-hybridized carbons (Fsp3) is 0.111. The van der Waals surface area contributed by atoms with Crippen molar-refractivity contribution in [2.24, 2.45) is 5.10 Å². The van der Waals surface area contributed by atoms with Gasteiger partial charge < -0.3 is 0 Å². The van der Waals surface area contributed by atoms with E-state index in [4.69, 9.17) is 14.9 Å². The number of anilines is 1. The Bertz CT molecular complexity index is 744. The zero-order chi connectivity index (χ0) is 17.6. The van der Waals surface area contributed by atoms with Gasteiger partial charge in [0.15, 0.2) is 0 Å². The lowest BCUT2D eigenvalue weighted by Crippen LogP contribution is -2.09. The van der Waals surface area contributed by atoms with Crippen LogP contribution in [0, 0.1) is 11.3 Å². The third kappa shape index (κ3) is 6.48. The lowest BCUT2D eigenvalue weighted by Gasteiger charge is -2.14. The molecule has 0 radical (unpaired) electrons. The smallest absolute Gasteiger partial charge is 0.262 e. The fourth-order valence-electron chi connectivity index (χ4n) is 1.68. The number of carbonyl (C=O) groups excluding carboxylic acids is 2. The molecule has 2 aromatic rings. The highest BCUT2D eigenvalue weighted by Crippen LogP contribution is 2.15. The van der Waals surface area contributed by atoms with Crippen LogP contribution in [0.4, 0.5) is 5.69 Å². The zero-order valence-corrected chi connectivity index (χ0v) is 13.2. The fourth-order valence-corrected chi connectivity index (χ4v) is 1.68. The molecule has 0 spiro atoms. The van der Waals surface area contributed by atoms with E-state index in [0.717, 1.165) is 11.3 Å². The number of benzene rings is 1. The molecule has 6 heteroatoms. The topological polar surface area (TPSA) is 86.4 Å². The quantitative estimate of drug-likeness (QED) is 0.480. The first-order valence-electron chi connectivity index (χ1n) is 7.13. The minimum atomic E-state index is 0.250. The van der Waals surface area contributed by atoms with E-state index in [1.165, 1.54) is 0 Å². The lowest BCUT2D eigenvalue weighted by molar-refractivity contribution is -0.191. The molecule has 0 atom stereocenters. The van der Waals surface area contributed by atoms with Crippen LogP contribution in [0.15, 0.2) is 71.7 Å². The molecule has 2 rings (SSSR count). The van der Waals surface area contributed by atoms with Crippen molar-refractivity contribution in [1.29, 1.82) is 5.26 Å². The predicted molar refractivity (Wildman–Crippen MR) is 89.7 cm³/mol. The summed E-state index contributed by atoms with van der Waals surface area (Å²) in [5, 5.41) is 15.2. The van der Waals surface area contributed by atoms with Crippen LogP contribution in [0.2, 0.25) is 0 Å². The van der Waals surface area contributed by atoms with E-state index >= 15 is 0 Å². The highest BCUT2D eigenvalue weighted by atomic mass is 16.2. The van der Waals surface area contributed by atoms with Gasteiger partial charge in [-0.2, -0.15) is 20.0 Å². The molecular formula is C18H16N4O2. The van der Waals surface area contributed by atoms with E-state index < -0.39 is 0 Å². The molecule has 0 saturated carbocycles. The summed E-state index contributed by atoms with van der Waals surface area (Å²) < 4.78 is 0. The molecule has 0 fully saturated rings. The maximum atomic E-state index is 9.09. The third-order valence-electron chi connectivity index (χ3n) is 2.84. The molecule has 120 valence electrons. The summed E-state index contributed by atoms with van der Waals surface area (Å²) in [5.41, 5.74) is 2.46. The molecular weight excluding hydrogens is 304 g/mol. The van der Waals surface area contributed by atoms with E-state index in [1.807, 2.05) is 49.4 Å². The van der Waals surface area contributed by atoms with Crippen molar-refractivity contribution in [1.82, 2.24) is 4.98 Å². The number of hydrogen-bond donors (Lipinski definition) is 0. The normalized spacial score (nSPS) is 10.2. The van der Waals surface area contributed by atoms with E-state index in [0.29, 0.717) is 12.0 Å². The molecule has 0 saturated heterocycles. The molecule has 0 bridgehead atoms. The Morgan fingerprint density at radius 2 is 1.96 bits per heavy atom. The standard InChI is InChI=1S/C17H16N4.CO2/c1-2-15(11-18)14-21(17-9-6-10-19-13-17)20-12-16-7-4-3-5-8-16;2-1-3/h3-10,12-14H,2H2,1H3;. The van der Waals surface area contributed by atoms with Crippen molar-refractivity contribution in [3.8, 4) is 6.07 Å². The summed E-state index contributed by atoms with van der Waals surface area (Å²) in [7, 11) is 0. The largest absolute Gasteiger partial charge is 0.373 e. The molecule has 1 aromatic heterocycles. The van der Waals surface area contributed by atoms with Crippen LogP contribution in [0.3, 0.4) is 0 Å². The number of hydrazone groups is 1. The molecule has 24 heavy (non-hydrogen) atoms. The lowest BCUT2D eigenvalue weighted by atomic mass is 10.2. The second-order valence-electron chi connectivity index (χ2n) is 4.41. The summed E-state index contributed by atoms with van der Waals surface area (Å²) in [6, 6.07) is 15.7. The van der Waals surface area contributed by atoms with Crippen LogP contribution in [0.1, 0.15) is 18.9 Å². The van der Waals surface area contributed by atoms with Gasteiger partial charge in [-0.3, -0.25) is 4.98 Å². The van der Waals surface area contributed by atoms with Crippen molar-refractivity contribution in [3.63, 3.8) is 0 Å².